The summed E-state index contributed by atoms with van der Waals surface area (Å²) in [5.41, 5.74) is 0.207. The lowest BCUT2D eigenvalue weighted by Gasteiger charge is -2.32. The highest BCUT2D eigenvalue weighted by molar-refractivity contribution is 9.10. The molecule has 1 aromatic carbocycles. The number of aromatic nitrogens is 2. The van der Waals surface area contributed by atoms with Gasteiger partial charge in [0, 0.05) is 16.5 Å². The predicted octanol–water partition coefficient (Wildman–Crippen LogP) is 4.15. The van der Waals surface area contributed by atoms with Gasteiger partial charge in [-0.15, -0.1) is 0 Å². The normalized spacial score (nSPS) is 29.2. The number of hydrogen-bond acceptors (Lipinski definition) is 4. The van der Waals surface area contributed by atoms with E-state index in [1.54, 1.807) is 0 Å². The molecule has 0 aliphatic heterocycles. The smallest absolute Gasteiger partial charge is 0.241 e. The minimum atomic E-state index is -0.585. The first-order valence-electron chi connectivity index (χ1n) is 7.58. The van der Waals surface area contributed by atoms with E-state index in [0.717, 1.165) is 22.9 Å². The number of hydrogen-bond donors (Lipinski definition) is 0. The van der Waals surface area contributed by atoms with Crippen LogP contribution >= 0.6 is 15.9 Å². The minimum Gasteiger partial charge on any atom is -0.338 e. The Morgan fingerprint density at radius 1 is 1.27 bits per heavy atom. The molecule has 2 saturated carbocycles. The summed E-state index contributed by atoms with van der Waals surface area (Å²) in [4.78, 5) is 17.2. The average Bonchev–Trinajstić information content (AvgIpc) is 3.10. The summed E-state index contributed by atoms with van der Waals surface area (Å²) in [5, 5.41) is 4.12. The zero-order chi connectivity index (χ0) is 15.5. The van der Waals surface area contributed by atoms with Crippen LogP contribution in [0.4, 0.5) is 0 Å². The van der Waals surface area contributed by atoms with Crippen molar-refractivity contribution in [2.75, 3.05) is 0 Å². The fourth-order valence-corrected chi connectivity index (χ4v) is 4.56. The highest BCUT2D eigenvalue weighted by Gasteiger charge is 2.67. The second-order valence-corrected chi connectivity index (χ2v) is 7.84. The van der Waals surface area contributed by atoms with Crippen LogP contribution in [0.15, 0.2) is 33.3 Å². The molecular formula is C17H17BrN2O2. The standard InChI is InChI=1S/C17H17BrN2O2/c1-16(2)11-7-8-17(16,13(21)9-11)15-19-14(20-22-15)10-3-5-12(18)6-4-10/h3-6,11H,7-9H2,1-2H3/t11-,17+/m1/s1. The number of Topliss-reactive ketones (excluding diaryl/α,β-unsaturated/α-hetero) is 1. The van der Waals surface area contributed by atoms with E-state index in [9.17, 15) is 4.79 Å². The Balaban J connectivity index is 1.78. The van der Waals surface area contributed by atoms with Gasteiger partial charge in [-0.2, -0.15) is 4.98 Å². The van der Waals surface area contributed by atoms with E-state index in [2.05, 4.69) is 39.9 Å². The van der Waals surface area contributed by atoms with Crippen LogP contribution in [0.1, 0.15) is 39.0 Å². The highest BCUT2D eigenvalue weighted by atomic mass is 79.9. The molecule has 0 radical (unpaired) electrons. The van der Waals surface area contributed by atoms with Gasteiger partial charge in [0.2, 0.25) is 11.7 Å². The maximum Gasteiger partial charge on any atom is 0.241 e. The van der Waals surface area contributed by atoms with Crippen LogP contribution in [0, 0.1) is 11.3 Å². The number of carbonyl (C=O) groups is 1. The molecule has 2 aromatic rings. The van der Waals surface area contributed by atoms with Gasteiger partial charge < -0.3 is 4.52 Å². The molecule has 1 heterocycles. The summed E-state index contributed by atoms with van der Waals surface area (Å²) >= 11 is 3.42. The molecule has 2 fully saturated rings. The Morgan fingerprint density at radius 2 is 2.00 bits per heavy atom. The molecule has 0 unspecified atom stereocenters. The lowest BCUT2D eigenvalue weighted by atomic mass is 9.69. The van der Waals surface area contributed by atoms with E-state index >= 15 is 0 Å². The topological polar surface area (TPSA) is 56.0 Å². The molecule has 1 aromatic heterocycles. The van der Waals surface area contributed by atoms with Gasteiger partial charge in [0.05, 0.1) is 0 Å². The minimum absolute atomic E-state index is 0.104. The monoisotopic (exact) mass is 360 g/mol. The van der Waals surface area contributed by atoms with Crippen LogP contribution in [0.5, 0.6) is 0 Å². The van der Waals surface area contributed by atoms with Crippen LogP contribution in [0.2, 0.25) is 0 Å². The van der Waals surface area contributed by atoms with Gasteiger partial charge in [-0.1, -0.05) is 34.9 Å². The molecule has 4 nitrogen and oxygen atoms in total. The van der Waals surface area contributed by atoms with Gasteiger partial charge in [0.1, 0.15) is 11.2 Å². The fourth-order valence-electron chi connectivity index (χ4n) is 4.29. The molecule has 2 atom stereocenters. The van der Waals surface area contributed by atoms with Crippen molar-refractivity contribution in [2.24, 2.45) is 11.3 Å². The summed E-state index contributed by atoms with van der Waals surface area (Å²) in [6.07, 6.45) is 2.53. The van der Waals surface area contributed by atoms with Crippen LogP contribution in [-0.2, 0) is 10.2 Å². The third-order valence-electron chi connectivity index (χ3n) is 5.79. The Kier molecular flexibility index (Phi) is 2.89. The van der Waals surface area contributed by atoms with Crippen molar-refractivity contribution in [3.63, 3.8) is 0 Å². The second-order valence-electron chi connectivity index (χ2n) is 6.92. The molecule has 2 bridgehead atoms. The van der Waals surface area contributed by atoms with Crippen molar-refractivity contribution >= 4 is 21.7 Å². The van der Waals surface area contributed by atoms with E-state index < -0.39 is 5.41 Å². The van der Waals surface area contributed by atoms with E-state index in [4.69, 9.17) is 4.52 Å². The summed E-state index contributed by atoms with van der Waals surface area (Å²) < 4.78 is 6.57. The number of benzene rings is 1. The third kappa shape index (κ3) is 1.66. The van der Waals surface area contributed by atoms with Gasteiger partial charge in [-0.25, -0.2) is 0 Å². The third-order valence-corrected chi connectivity index (χ3v) is 6.32. The molecule has 5 heteroatoms. The fraction of sp³-hybridized carbons (Fsp3) is 0.471. The number of carbonyl (C=O) groups excluding carboxylic acids is 1. The molecular weight excluding hydrogens is 344 g/mol. The molecule has 0 spiro atoms. The second kappa shape index (κ2) is 4.51. The molecule has 114 valence electrons. The van der Waals surface area contributed by atoms with Crippen molar-refractivity contribution in [2.45, 2.75) is 38.5 Å². The summed E-state index contributed by atoms with van der Waals surface area (Å²) in [5.74, 6) is 1.75. The summed E-state index contributed by atoms with van der Waals surface area (Å²) in [7, 11) is 0. The van der Waals surface area contributed by atoms with Crippen molar-refractivity contribution < 1.29 is 9.32 Å². The lowest BCUT2D eigenvalue weighted by Crippen LogP contribution is -2.40. The molecule has 0 amide bonds. The summed E-state index contributed by atoms with van der Waals surface area (Å²) in [6.45, 7) is 4.33. The maximum absolute atomic E-state index is 12.6. The van der Waals surface area contributed by atoms with Crippen molar-refractivity contribution in [3.05, 3.63) is 34.6 Å². The zero-order valence-corrected chi connectivity index (χ0v) is 14.2. The van der Waals surface area contributed by atoms with Crippen LogP contribution in [0.25, 0.3) is 11.4 Å². The Morgan fingerprint density at radius 3 is 2.59 bits per heavy atom. The van der Waals surface area contributed by atoms with Crippen molar-refractivity contribution in [3.8, 4) is 11.4 Å². The first-order chi connectivity index (χ1) is 10.4. The average molecular weight is 361 g/mol. The van der Waals surface area contributed by atoms with Crippen molar-refractivity contribution in [1.29, 1.82) is 0 Å². The van der Waals surface area contributed by atoms with E-state index in [-0.39, 0.29) is 11.2 Å². The number of fused-ring (bicyclic) bond motifs is 2. The maximum atomic E-state index is 12.6. The van der Waals surface area contributed by atoms with E-state index in [1.807, 2.05) is 24.3 Å². The van der Waals surface area contributed by atoms with Crippen LogP contribution in [0.3, 0.4) is 0 Å². The Bertz CT molecular complexity index is 750. The van der Waals surface area contributed by atoms with Crippen molar-refractivity contribution in [1.82, 2.24) is 10.1 Å². The molecule has 2 aliphatic carbocycles. The molecule has 4 rings (SSSR count). The van der Waals surface area contributed by atoms with Gasteiger partial charge in [-0.3, -0.25) is 4.79 Å². The highest BCUT2D eigenvalue weighted by Crippen LogP contribution is 2.64. The Labute approximate surface area is 137 Å². The SMILES string of the molecule is CC1(C)[C@@H]2CC[C@@]1(c1nc(-c3ccc(Br)cc3)no1)C(=O)C2. The van der Waals surface area contributed by atoms with Crippen LogP contribution < -0.4 is 0 Å². The first kappa shape index (κ1) is 14.1. The number of ketones is 1. The largest absolute Gasteiger partial charge is 0.338 e. The van der Waals surface area contributed by atoms with E-state index in [0.29, 0.717) is 24.1 Å². The summed E-state index contributed by atoms with van der Waals surface area (Å²) in [6, 6.07) is 7.77. The van der Waals surface area contributed by atoms with Crippen LogP contribution in [-0.4, -0.2) is 15.9 Å². The lowest BCUT2D eigenvalue weighted by molar-refractivity contribution is -0.125. The molecule has 22 heavy (non-hydrogen) atoms. The predicted molar refractivity (Wildman–Crippen MR) is 85.2 cm³/mol. The first-order valence-corrected chi connectivity index (χ1v) is 8.38. The quantitative estimate of drug-likeness (QED) is 0.807. The number of halogens is 1. The van der Waals surface area contributed by atoms with E-state index in [1.165, 1.54) is 0 Å². The van der Waals surface area contributed by atoms with Gasteiger partial charge >= 0.3 is 0 Å². The number of nitrogens with zero attached hydrogens (tertiary/aromatic N) is 2. The Hall–Kier alpha value is -1.49. The van der Waals surface area contributed by atoms with Gasteiger partial charge in [0.15, 0.2) is 0 Å². The number of rotatable bonds is 2. The molecule has 2 aliphatic rings. The zero-order valence-electron chi connectivity index (χ0n) is 12.6. The molecule has 0 saturated heterocycles. The van der Waals surface area contributed by atoms with Gasteiger partial charge in [-0.05, 0) is 48.4 Å². The molecule has 0 N–H and O–H groups in total. The van der Waals surface area contributed by atoms with Gasteiger partial charge in [0.25, 0.3) is 0 Å².